The molecule has 2 N–H and O–H groups in total. The molecule has 1 heterocycles. The average Bonchev–Trinajstić information content (AvgIpc) is 2.77. The van der Waals surface area contributed by atoms with Crippen molar-refractivity contribution in [1.82, 2.24) is 4.57 Å². The Balaban J connectivity index is 2.41. The normalized spacial score (nSPS) is 11.4. The second-order valence-electron chi connectivity index (χ2n) is 4.21. The molecule has 2 aromatic rings. The predicted octanol–water partition coefficient (Wildman–Crippen LogP) is 2.94. The van der Waals surface area contributed by atoms with Crippen molar-refractivity contribution in [2.45, 2.75) is 4.90 Å². The number of carboxylic acids is 1. The minimum atomic E-state index is -3.93. The highest BCUT2D eigenvalue weighted by Crippen LogP contribution is 2.28. The molecule has 0 unspecified atom stereocenters. The maximum Gasteiger partial charge on any atom is 0.352 e. The molecule has 0 bridgehead atoms. The van der Waals surface area contributed by atoms with Crippen LogP contribution in [0.25, 0.3) is 0 Å². The number of hydrogen-bond donors (Lipinski definition) is 2. The number of benzene rings is 1. The van der Waals surface area contributed by atoms with Crippen molar-refractivity contribution in [3.8, 4) is 0 Å². The van der Waals surface area contributed by atoms with Gasteiger partial charge in [-0.25, -0.2) is 13.2 Å². The lowest BCUT2D eigenvalue weighted by atomic mass is 10.3. The standard InChI is InChI=1S/C12H10BrClN2O4S/c1-16-6-8(5-11(16)12(17)18)21(19,20)15-10-4-7(13)2-3-9(10)14/h2-6,15H,1H3,(H,17,18). The lowest BCUT2D eigenvalue weighted by molar-refractivity contribution is 0.0686. The van der Waals surface area contributed by atoms with Crippen LogP contribution in [0.1, 0.15) is 10.5 Å². The fourth-order valence-corrected chi connectivity index (χ4v) is 3.40. The SMILES string of the molecule is Cn1cc(S(=O)(=O)Nc2cc(Br)ccc2Cl)cc1C(=O)O. The zero-order valence-corrected chi connectivity index (χ0v) is 13.8. The van der Waals surface area contributed by atoms with Crippen LogP contribution in [0.5, 0.6) is 0 Å². The van der Waals surface area contributed by atoms with E-state index in [1.165, 1.54) is 29.9 Å². The Hall–Kier alpha value is -1.51. The molecule has 0 amide bonds. The van der Waals surface area contributed by atoms with Crippen molar-refractivity contribution in [2.75, 3.05) is 4.72 Å². The number of nitrogens with zero attached hydrogens (tertiary/aromatic N) is 1. The molecule has 1 aromatic heterocycles. The van der Waals surface area contributed by atoms with Crippen LogP contribution in [-0.4, -0.2) is 24.1 Å². The Labute approximate surface area is 134 Å². The van der Waals surface area contributed by atoms with E-state index in [1.807, 2.05) is 0 Å². The monoisotopic (exact) mass is 392 g/mol. The smallest absolute Gasteiger partial charge is 0.352 e. The minimum Gasteiger partial charge on any atom is -0.477 e. The Morgan fingerprint density at radius 1 is 1.38 bits per heavy atom. The number of anilines is 1. The number of aryl methyl sites for hydroxylation is 1. The van der Waals surface area contributed by atoms with E-state index in [4.69, 9.17) is 16.7 Å². The first-order chi connectivity index (χ1) is 9.70. The van der Waals surface area contributed by atoms with Crippen molar-refractivity contribution >= 4 is 49.2 Å². The van der Waals surface area contributed by atoms with E-state index in [1.54, 1.807) is 6.07 Å². The molecule has 0 fully saturated rings. The van der Waals surface area contributed by atoms with Gasteiger partial charge in [0, 0.05) is 17.7 Å². The van der Waals surface area contributed by atoms with Crippen molar-refractivity contribution < 1.29 is 18.3 Å². The van der Waals surface area contributed by atoms with Crippen LogP contribution in [-0.2, 0) is 17.1 Å². The Bertz CT molecular complexity index is 817. The number of halogens is 2. The maximum atomic E-state index is 12.3. The molecule has 0 saturated carbocycles. The molecule has 1 aromatic carbocycles. The van der Waals surface area contributed by atoms with E-state index in [9.17, 15) is 13.2 Å². The summed E-state index contributed by atoms with van der Waals surface area (Å²) in [4.78, 5) is 10.8. The van der Waals surface area contributed by atoms with Gasteiger partial charge < -0.3 is 9.67 Å². The van der Waals surface area contributed by atoms with Crippen LogP contribution < -0.4 is 4.72 Å². The Kier molecular flexibility index (Phi) is 4.31. The van der Waals surface area contributed by atoms with Crippen LogP contribution in [0.2, 0.25) is 5.02 Å². The van der Waals surface area contributed by atoms with Crippen molar-refractivity contribution in [1.29, 1.82) is 0 Å². The number of sulfonamides is 1. The van der Waals surface area contributed by atoms with Gasteiger partial charge >= 0.3 is 5.97 Å². The first kappa shape index (κ1) is 15.9. The number of carboxylic acid groups (broad SMARTS) is 1. The second-order valence-corrected chi connectivity index (χ2v) is 7.21. The van der Waals surface area contributed by atoms with E-state index in [-0.39, 0.29) is 21.3 Å². The van der Waals surface area contributed by atoms with Crippen molar-refractivity contribution in [2.24, 2.45) is 7.05 Å². The van der Waals surface area contributed by atoms with Gasteiger partial charge in [0.25, 0.3) is 10.0 Å². The highest BCUT2D eigenvalue weighted by Gasteiger charge is 2.21. The number of rotatable bonds is 4. The molecule has 0 radical (unpaired) electrons. The van der Waals surface area contributed by atoms with Crippen LogP contribution >= 0.6 is 27.5 Å². The summed E-state index contributed by atoms with van der Waals surface area (Å²) in [5.41, 5.74) is 0.0717. The third-order valence-corrected chi connectivity index (χ3v) is 4.84. The van der Waals surface area contributed by atoms with Gasteiger partial charge in [-0.05, 0) is 24.3 Å². The highest BCUT2D eigenvalue weighted by atomic mass is 79.9. The molecule has 0 aliphatic heterocycles. The third kappa shape index (κ3) is 3.39. The van der Waals surface area contributed by atoms with Gasteiger partial charge in [0.15, 0.2) is 0 Å². The summed E-state index contributed by atoms with van der Waals surface area (Å²) in [7, 11) is -2.47. The van der Waals surface area contributed by atoms with E-state index >= 15 is 0 Å². The lowest BCUT2D eigenvalue weighted by Crippen LogP contribution is -2.12. The summed E-state index contributed by atoms with van der Waals surface area (Å²) < 4.78 is 28.7. The third-order valence-electron chi connectivity index (χ3n) is 2.68. The van der Waals surface area contributed by atoms with Gasteiger partial charge in [0.1, 0.15) is 10.6 Å². The molecule has 0 atom stereocenters. The molecule has 0 spiro atoms. The van der Waals surface area contributed by atoms with E-state index < -0.39 is 16.0 Å². The summed E-state index contributed by atoms with van der Waals surface area (Å²) in [6.07, 6.45) is 1.22. The molecule has 2 rings (SSSR count). The number of aromatic carboxylic acids is 1. The highest BCUT2D eigenvalue weighted by molar-refractivity contribution is 9.10. The predicted molar refractivity (Wildman–Crippen MR) is 82.3 cm³/mol. The van der Waals surface area contributed by atoms with Gasteiger partial charge in [-0.3, -0.25) is 4.72 Å². The summed E-state index contributed by atoms with van der Waals surface area (Å²) in [6.45, 7) is 0. The summed E-state index contributed by atoms with van der Waals surface area (Å²) in [5.74, 6) is -1.21. The van der Waals surface area contributed by atoms with Gasteiger partial charge in [-0.15, -0.1) is 0 Å². The van der Waals surface area contributed by atoms with E-state index in [0.717, 1.165) is 6.07 Å². The van der Waals surface area contributed by atoms with Crippen molar-refractivity contribution in [3.63, 3.8) is 0 Å². The number of hydrogen-bond acceptors (Lipinski definition) is 3. The van der Waals surface area contributed by atoms with Crippen molar-refractivity contribution in [3.05, 3.63) is 45.7 Å². The van der Waals surface area contributed by atoms with E-state index in [2.05, 4.69) is 20.7 Å². The summed E-state index contributed by atoms with van der Waals surface area (Å²) in [6, 6.07) is 5.81. The zero-order valence-electron chi connectivity index (χ0n) is 10.7. The molecule has 0 aliphatic carbocycles. The quantitative estimate of drug-likeness (QED) is 0.836. The number of nitrogens with one attached hydrogen (secondary N) is 1. The van der Waals surface area contributed by atoms with Crippen LogP contribution in [0.4, 0.5) is 5.69 Å². The molecule has 21 heavy (non-hydrogen) atoms. The molecule has 112 valence electrons. The average molecular weight is 394 g/mol. The lowest BCUT2D eigenvalue weighted by Gasteiger charge is -2.08. The Morgan fingerprint density at radius 2 is 2.05 bits per heavy atom. The molecular weight excluding hydrogens is 384 g/mol. The van der Waals surface area contributed by atoms with Crippen LogP contribution in [0.15, 0.2) is 39.8 Å². The van der Waals surface area contributed by atoms with Gasteiger partial charge in [-0.2, -0.15) is 0 Å². The largest absolute Gasteiger partial charge is 0.477 e. The summed E-state index contributed by atoms with van der Waals surface area (Å²) >= 11 is 9.15. The Morgan fingerprint density at radius 3 is 2.62 bits per heavy atom. The van der Waals surface area contributed by atoms with Gasteiger partial charge in [0.05, 0.1) is 10.7 Å². The number of carbonyl (C=O) groups is 1. The second kappa shape index (κ2) is 5.70. The van der Waals surface area contributed by atoms with E-state index in [0.29, 0.717) is 4.47 Å². The summed E-state index contributed by atoms with van der Waals surface area (Å²) in [5, 5.41) is 9.18. The molecular formula is C12H10BrClN2O4S. The van der Waals surface area contributed by atoms with Crippen LogP contribution in [0, 0.1) is 0 Å². The topological polar surface area (TPSA) is 88.4 Å². The van der Waals surface area contributed by atoms with Gasteiger partial charge in [-0.1, -0.05) is 27.5 Å². The van der Waals surface area contributed by atoms with Crippen LogP contribution in [0.3, 0.4) is 0 Å². The first-order valence-corrected chi connectivity index (χ1v) is 8.23. The molecule has 0 saturated heterocycles. The molecule has 9 heteroatoms. The first-order valence-electron chi connectivity index (χ1n) is 5.58. The zero-order chi connectivity index (χ0) is 15.8. The molecule has 0 aliphatic rings. The maximum absolute atomic E-state index is 12.3. The fraction of sp³-hybridized carbons (Fsp3) is 0.0833. The number of aromatic nitrogens is 1. The molecule has 6 nitrogen and oxygen atoms in total. The van der Waals surface area contributed by atoms with Gasteiger partial charge in [0.2, 0.25) is 0 Å². The fourth-order valence-electron chi connectivity index (χ4n) is 1.67. The minimum absolute atomic E-state index is 0.129.